The van der Waals surface area contributed by atoms with Gasteiger partial charge in [0.15, 0.2) is 8.32 Å². The standard InChI is InChI=1S/C17H29I2NO4Si/c1-8-23-16(22)14(19)11(18)9-12-13(15(21)20-12)10(2)24-25(6,7)17(3,4)5/h10,12-13H,8-9H2,1-7H3,(H,20,21)/b14-11+/t10-,12-,13-/m1/s1. The molecule has 0 aromatic heterocycles. The molecule has 1 fully saturated rings. The number of hydrogen-bond donors (Lipinski definition) is 1. The Kier molecular flexibility index (Phi) is 8.41. The predicted molar refractivity (Wildman–Crippen MR) is 119 cm³/mol. The fourth-order valence-corrected chi connectivity index (χ4v) is 4.98. The van der Waals surface area contributed by atoms with Crippen LogP contribution in [-0.4, -0.2) is 38.9 Å². The Labute approximate surface area is 179 Å². The molecule has 1 heterocycles. The van der Waals surface area contributed by atoms with Crippen LogP contribution in [0.2, 0.25) is 18.1 Å². The number of amides is 1. The second kappa shape index (κ2) is 9.00. The van der Waals surface area contributed by atoms with Gasteiger partial charge in [-0.15, -0.1) is 0 Å². The monoisotopic (exact) mass is 593 g/mol. The van der Waals surface area contributed by atoms with Gasteiger partial charge in [0.1, 0.15) is 3.58 Å². The van der Waals surface area contributed by atoms with Crippen LogP contribution in [-0.2, 0) is 18.8 Å². The number of esters is 1. The summed E-state index contributed by atoms with van der Waals surface area (Å²) in [4.78, 5) is 24.0. The average Bonchev–Trinajstić information content (AvgIpc) is 2.43. The first kappa shape index (κ1) is 23.4. The second-order valence-electron chi connectivity index (χ2n) is 7.87. The molecule has 1 aliphatic rings. The molecule has 0 aromatic rings. The lowest BCUT2D eigenvalue weighted by Crippen LogP contribution is -2.63. The topological polar surface area (TPSA) is 64.6 Å². The van der Waals surface area contributed by atoms with Crippen LogP contribution in [0, 0.1) is 5.92 Å². The molecule has 0 aromatic carbocycles. The summed E-state index contributed by atoms with van der Waals surface area (Å²) in [6, 6.07) is -0.00152. The molecule has 5 nitrogen and oxygen atoms in total. The highest BCUT2D eigenvalue weighted by Gasteiger charge is 2.47. The molecule has 1 rings (SSSR count). The van der Waals surface area contributed by atoms with E-state index in [9.17, 15) is 9.59 Å². The predicted octanol–water partition coefficient (Wildman–Crippen LogP) is 4.55. The smallest absolute Gasteiger partial charge is 0.345 e. The van der Waals surface area contributed by atoms with Gasteiger partial charge in [-0.05, 0) is 77.2 Å². The number of carbonyl (C=O) groups is 2. The highest BCUT2D eigenvalue weighted by Crippen LogP contribution is 2.40. The van der Waals surface area contributed by atoms with Crippen LogP contribution in [0.25, 0.3) is 0 Å². The molecule has 1 saturated heterocycles. The highest BCUT2D eigenvalue weighted by molar-refractivity contribution is 14.1. The van der Waals surface area contributed by atoms with Crippen LogP contribution in [0.1, 0.15) is 41.0 Å². The normalized spacial score (nSPS) is 23.3. The number of β-lactam (4-membered cyclic amide) rings is 1. The molecule has 0 radical (unpaired) electrons. The molecule has 0 spiro atoms. The van der Waals surface area contributed by atoms with E-state index in [0.717, 1.165) is 3.58 Å². The zero-order valence-electron chi connectivity index (χ0n) is 16.0. The summed E-state index contributed by atoms with van der Waals surface area (Å²) in [5.41, 5.74) is 0. The summed E-state index contributed by atoms with van der Waals surface area (Å²) in [6.07, 6.45) is 0.489. The van der Waals surface area contributed by atoms with E-state index in [1.165, 1.54) is 0 Å². The van der Waals surface area contributed by atoms with E-state index in [-0.39, 0.29) is 35.0 Å². The molecule has 0 saturated carbocycles. The number of nitrogens with one attached hydrogen (secondary N) is 1. The molecular weight excluding hydrogens is 564 g/mol. The van der Waals surface area contributed by atoms with Gasteiger partial charge in [-0.3, -0.25) is 4.79 Å². The van der Waals surface area contributed by atoms with Gasteiger partial charge in [-0.25, -0.2) is 4.79 Å². The first-order valence-electron chi connectivity index (χ1n) is 8.51. The van der Waals surface area contributed by atoms with Gasteiger partial charge in [0.05, 0.1) is 18.6 Å². The molecule has 8 heteroatoms. The van der Waals surface area contributed by atoms with Crippen LogP contribution in [0.15, 0.2) is 7.16 Å². The Balaban J connectivity index is 2.80. The summed E-state index contributed by atoms with van der Waals surface area (Å²) < 4.78 is 12.9. The molecule has 1 N–H and O–H groups in total. The maximum absolute atomic E-state index is 12.1. The van der Waals surface area contributed by atoms with E-state index in [0.29, 0.717) is 16.6 Å². The van der Waals surface area contributed by atoms with E-state index in [1.54, 1.807) is 6.92 Å². The van der Waals surface area contributed by atoms with Crippen LogP contribution < -0.4 is 5.32 Å². The number of halogens is 2. The van der Waals surface area contributed by atoms with Crippen molar-refractivity contribution in [3.05, 3.63) is 7.16 Å². The summed E-state index contributed by atoms with van der Waals surface area (Å²) in [7, 11) is -1.93. The highest BCUT2D eigenvalue weighted by atomic mass is 127. The zero-order valence-corrected chi connectivity index (χ0v) is 21.4. The van der Waals surface area contributed by atoms with E-state index in [2.05, 4.69) is 61.8 Å². The van der Waals surface area contributed by atoms with Gasteiger partial charge in [0.2, 0.25) is 5.91 Å². The Morgan fingerprint density at radius 1 is 1.32 bits per heavy atom. The van der Waals surface area contributed by atoms with Crippen LogP contribution in [0.3, 0.4) is 0 Å². The van der Waals surface area contributed by atoms with Gasteiger partial charge < -0.3 is 14.5 Å². The Morgan fingerprint density at radius 3 is 2.32 bits per heavy atom. The van der Waals surface area contributed by atoms with Crippen molar-refractivity contribution >= 4 is 65.4 Å². The molecule has 0 bridgehead atoms. The number of carbonyl (C=O) groups excluding carboxylic acids is 2. The molecule has 1 amide bonds. The first-order valence-corrected chi connectivity index (χ1v) is 13.6. The Bertz CT molecular complexity index is 557. The number of rotatable bonds is 7. The summed E-state index contributed by atoms with van der Waals surface area (Å²) in [5, 5.41) is 3.06. The maximum Gasteiger partial charge on any atom is 0.345 e. The van der Waals surface area contributed by atoms with Gasteiger partial charge in [0, 0.05) is 16.0 Å². The largest absolute Gasteiger partial charge is 0.462 e. The average molecular weight is 593 g/mol. The van der Waals surface area contributed by atoms with E-state index >= 15 is 0 Å². The van der Waals surface area contributed by atoms with E-state index in [1.807, 2.05) is 29.5 Å². The minimum Gasteiger partial charge on any atom is -0.462 e. The van der Waals surface area contributed by atoms with Crippen molar-refractivity contribution in [2.24, 2.45) is 5.92 Å². The molecule has 3 atom stereocenters. The lowest BCUT2D eigenvalue weighted by Gasteiger charge is -2.45. The minimum atomic E-state index is -1.93. The molecule has 0 aliphatic carbocycles. The van der Waals surface area contributed by atoms with Crippen molar-refractivity contribution in [2.75, 3.05) is 6.61 Å². The molecular formula is C17H29I2NO4Si. The summed E-state index contributed by atoms with van der Waals surface area (Å²) in [5.74, 6) is -0.447. The first-order chi connectivity index (χ1) is 11.3. The fraction of sp³-hybridized carbons (Fsp3) is 0.765. The van der Waals surface area contributed by atoms with Crippen molar-refractivity contribution in [1.82, 2.24) is 5.32 Å². The van der Waals surface area contributed by atoms with Gasteiger partial charge in [-0.1, -0.05) is 20.8 Å². The van der Waals surface area contributed by atoms with Crippen molar-refractivity contribution in [1.29, 1.82) is 0 Å². The van der Waals surface area contributed by atoms with Crippen LogP contribution >= 0.6 is 45.2 Å². The lowest BCUT2D eigenvalue weighted by atomic mass is 9.84. The molecule has 144 valence electrons. The lowest BCUT2D eigenvalue weighted by molar-refractivity contribution is -0.139. The minimum absolute atomic E-state index is 0.00152. The fourth-order valence-electron chi connectivity index (χ4n) is 2.48. The third kappa shape index (κ3) is 5.90. The molecule has 0 unspecified atom stereocenters. The third-order valence-corrected chi connectivity index (χ3v) is 12.6. The number of hydrogen-bond acceptors (Lipinski definition) is 4. The molecule has 25 heavy (non-hydrogen) atoms. The second-order valence-corrected chi connectivity index (χ2v) is 15.0. The van der Waals surface area contributed by atoms with Crippen LogP contribution in [0.5, 0.6) is 0 Å². The van der Waals surface area contributed by atoms with Gasteiger partial charge in [0.25, 0.3) is 0 Å². The van der Waals surface area contributed by atoms with Gasteiger partial charge in [-0.2, -0.15) is 0 Å². The maximum atomic E-state index is 12.1. The third-order valence-electron chi connectivity index (χ3n) is 4.95. The quantitative estimate of drug-likeness (QED) is 0.155. The van der Waals surface area contributed by atoms with Crippen LogP contribution in [0.4, 0.5) is 0 Å². The van der Waals surface area contributed by atoms with Crippen molar-refractivity contribution in [2.45, 2.75) is 71.3 Å². The zero-order chi connectivity index (χ0) is 19.6. The van der Waals surface area contributed by atoms with Gasteiger partial charge >= 0.3 is 5.97 Å². The number of ether oxygens (including phenoxy) is 1. The Morgan fingerprint density at radius 2 is 1.88 bits per heavy atom. The van der Waals surface area contributed by atoms with E-state index in [4.69, 9.17) is 9.16 Å². The Hall–Kier alpha value is 0.317. The summed E-state index contributed by atoms with van der Waals surface area (Å²) >= 11 is 4.18. The van der Waals surface area contributed by atoms with Crippen molar-refractivity contribution in [3.8, 4) is 0 Å². The molecule has 1 aliphatic heterocycles. The van der Waals surface area contributed by atoms with Crippen molar-refractivity contribution in [3.63, 3.8) is 0 Å². The SMILES string of the molecule is CCOC(=O)/C(I)=C(\I)C[C@H]1NC(=O)[C@@H]1[C@@H](C)O[Si](C)(C)C(C)(C)C. The van der Waals surface area contributed by atoms with E-state index < -0.39 is 8.32 Å². The summed E-state index contributed by atoms with van der Waals surface area (Å²) in [6.45, 7) is 15.1. The van der Waals surface area contributed by atoms with Crippen molar-refractivity contribution < 1.29 is 18.8 Å².